The van der Waals surface area contributed by atoms with Crippen molar-refractivity contribution < 1.29 is 0 Å². The van der Waals surface area contributed by atoms with E-state index in [1.165, 1.54) is 38.7 Å². The number of anilines is 1. The molecule has 1 fully saturated rings. The van der Waals surface area contributed by atoms with Gasteiger partial charge in [0, 0.05) is 12.6 Å². The molecule has 0 radical (unpaired) electrons. The van der Waals surface area contributed by atoms with Crippen molar-refractivity contribution in [2.24, 2.45) is 0 Å². The van der Waals surface area contributed by atoms with Crippen molar-refractivity contribution in [1.82, 2.24) is 14.9 Å². The molecule has 0 saturated carbocycles. The average molecular weight is 192 g/mol. The number of rotatable bonds is 2. The summed E-state index contributed by atoms with van der Waals surface area (Å²) in [6, 6.07) is 1.86. The number of hydrogen-bond donors (Lipinski definition) is 1. The summed E-state index contributed by atoms with van der Waals surface area (Å²) in [4.78, 5) is 10.5. The Morgan fingerprint density at radius 1 is 1.21 bits per heavy atom. The topological polar surface area (TPSA) is 55.0 Å². The smallest absolute Gasteiger partial charge is 0.127 e. The highest BCUT2D eigenvalue weighted by atomic mass is 15.1. The average Bonchev–Trinajstić information content (AvgIpc) is 2.19. The van der Waals surface area contributed by atoms with E-state index in [1.54, 1.807) is 0 Å². The Bertz CT molecular complexity index is 294. The largest absolute Gasteiger partial charge is 0.384 e. The van der Waals surface area contributed by atoms with Crippen LogP contribution in [0.2, 0.25) is 0 Å². The third-order valence-electron chi connectivity index (χ3n) is 2.58. The van der Waals surface area contributed by atoms with Gasteiger partial charge in [0.05, 0.1) is 5.69 Å². The normalized spacial score (nSPS) is 18.3. The molecular formula is C10H16N4. The second-order valence-corrected chi connectivity index (χ2v) is 3.77. The summed E-state index contributed by atoms with van der Waals surface area (Å²) in [5, 5.41) is 0. The van der Waals surface area contributed by atoms with Crippen LogP contribution in [0.25, 0.3) is 0 Å². The first-order chi connectivity index (χ1) is 6.84. The third-order valence-corrected chi connectivity index (χ3v) is 2.58. The Morgan fingerprint density at radius 3 is 2.71 bits per heavy atom. The lowest BCUT2D eigenvalue weighted by Gasteiger charge is -2.25. The predicted molar refractivity (Wildman–Crippen MR) is 55.6 cm³/mol. The van der Waals surface area contributed by atoms with Crippen molar-refractivity contribution >= 4 is 5.82 Å². The minimum Gasteiger partial charge on any atom is -0.384 e. The van der Waals surface area contributed by atoms with Crippen molar-refractivity contribution in [3.8, 4) is 0 Å². The van der Waals surface area contributed by atoms with E-state index in [0.29, 0.717) is 5.82 Å². The molecule has 0 atom stereocenters. The monoisotopic (exact) mass is 192 g/mol. The van der Waals surface area contributed by atoms with Crippen LogP contribution in [0.1, 0.15) is 25.0 Å². The highest BCUT2D eigenvalue weighted by Gasteiger charge is 2.10. The van der Waals surface area contributed by atoms with Gasteiger partial charge < -0.3 is 5.73 Å². The van der Waals surface area contributed by atoms with Crippen LogP contribution in [0.3, 0.4) is 0 Å². The van der Waals surface area contributed by atoms with Gasteiger partial charge in [-0.3, -0.25) is 4.90 Å². The minimum atomic E-state index is 0.562. The molecule has 0 bridgehead atoms. The first kappa shape index (κ1) is 9.40. The Kier molecular flexibility index (Phi) is 2.93. The highest BCUT2D eigenvalue weighted by Crippen LogP contribution is 2.11. The second-order valence-electron chi connectivity index (χ2n) is 3.77. The maximum atomic E-state index is 5.59. The summed E-state index contributed by atoms with van der Waals surface area (Å²) >= 11 is 0. The Labute approximate surface area is 84.2 Å². The van der Waals surface area contributed by atoms with E-state index in [4.69, 9.17) is 5.73 Å². The molecule has 2 heterocycles. The fourth-order valence-electron chi connectivity index (χ4n) is 1.85. The summed E-state index contributed by atoms with van der Waals surface area (Å²) in [7, 11) is 0. The van der Waals surface area contributed by atoms with Crippen LogP contribution < -0.4 is 5.73 Å². The Morgan fingerprint density at radius 2 is 2.00 bits per heavy atom. The fourth-order valence-corrected chi connectivity index (χ4v) is 1.85. The fraction of sp³-hybridized carbons (Fsp3) is 0.600. The lowest BCUT2D eigenvalue weighted by Crippen LogP contribution is -2.29. The lowest BCUT2D eigenvalue weighted by atomic mass is 10.1. The van der Waals surface area contributed by atoms with E-state index in [-0.39, 0.29) is 0 Å². The number of nitrogens with zero attached hydrogens (tertiary/aromatic N) is 3. The van der Waals surface area contributed by atoms with Gasteiger partial charge in [0.15, 0.2) is 0 Å². The van der Waals surface area contributed by atoms with Gasteiger partial charge in [-0.15, -0.1) is 0 Å². The van der Waals surface area contributed by atoms with Gasteiger partial charge in [0.1, 0.15) is 12.1 Å². The maximum absolute atomic E-state index is 5.59. The van der Waals surface area contributed by atoms with E-state index in [0.717, 1.165) is 12.2 Å². The van der Waals surface area contributed by atoms with E-state index in [2.05, 4.69) is 14.9 Å². The SMILES string of the molecule is Nc1cc(CN2CCCCC2)ncn1. The zero-order valence-corrected chi connectivity index (χ0v) is 8.32. The van der Waals surface area contributed by atoms with Crippen molar-refractivity contribution in [2.75, 3.05) is 18.8 Å². The quantitative estimate of drug-likeness (QED) is 0.760. The van der Waals surface area contributed by atoms with Crippen molar-refractivity contribution in [3.63, 3.8) is 0 Å². The Hall–Kier alpha value is -1.16. The first-order valence-electron chi connectivity index (χ1n) is 5.13. The van der Waals surface area contributed by atoms with Crippen LogP contribution in [0, 0.1) is 0 Å². The molecule has 0 amide bonds. The zero-order valence-electron chi connectivity index (χ0n) is 8.32. The molecule has 0 aliphatic carbocycles. The number of nitrogen functional groups attached to an aromatic ring is 1. The van der Waals surface area contributed by atoms with E-state index in [9.17, 15) is 0 Å². The van der Waals surface area contributed by atoms with Gasteiger partial charge in [-0.25, -0.2) is 9.97 Å². The lowest BCUT2D eigenvalue weighted by molar-refractivity contribution is 0.218. The molecule has 1 aromatic heterocycles. The van der Waals surface area contributed by atoms with Crippen LogP contribution >= 0.6 is 0 Å². The number of likely N-dealkylation sites (tertiary alicyclic amines) is 1. The molecule has 2 rings (SSSR count). The van der Waals surface area contributed by atoms with Crippen LogP contribution in [-0.4, -0.2) is 28.0 Å². The molecule has 1 aromatic rings. The molecule has 1 saturated heterocycles. The molecule has 14 heavy (non-hydrogen) atoms. The van der Waals surface area contributed by atoms with Gasteiger partial charge in [-0.1, -0.05) is 6.42 Å². The molecule has 0 aromatic carbocycles. The van der Waals surface area contributed by atoms with Crippen LogP contribution in [0.5, 0.6) is 0 Å². The summed E-state index contributed by atoms with van der Waals surface area (Å²) in [6.45, 7) is 3.28. The van der Waals surface area contributed by atoms with Crippen molar-refractivity contribution in [2.45, 2.75) is 25.8 Å². The van der Waals surface area contributed by atoms with Gasteiger partial charge >= 0.3 is 0 Å². The van der Waals surface area contributed by atoms with E-state index < -0.39 is 0 Å². The standard InChI is InChI=1S/C10H16N4/c11-10-6-9(12-8-13-10)7-14-4-2-1-3-5-14/h6,8H,1-5,7H2,(H2,11,12,13). The van der Waals surface area contributed by atoms with Crippen LogP contribution in [0.4, 0.5) is 5.82 Å². The van der Waals surface area contributed by atoms with Gasteiger partial charge in [-0.05, 0) is 25.9 Å². The summed E-state index contributed by atoms with van der Waals surface area (Å²) in [5.41, 5.74) is 6.62. The zero-order chi connectivity index (χ0) is 9.80. The molecule has 4 nitrogen and oxygen atoms in total. The first-order valence-corrected chi connectivity index (χ1v) is 5.13. The predicted octanol–water partition coefficient (Wildman–Crippen LogP) is 1.04. The van der Waals surface area contributed by atoms with Gasteiger partial charge in [0.2, 0.25) is 0 Å². The molecular weight excluding hydrogens is 176 g/mol. The number of aromatic nitrogens is 2. The van der Waals surface area contributed by atoms with Crippen molar-refractivity contribution in [3.05, 3.63) is 18.1 Å². The van der Waals surface area contributed by atoms with Crippen LogP contribution in [-0.2, 0) is 6.54 Å². The molecule has 1 aliphatic rings. The summed E-state index contributed by atoms with van der Waals surface area (Å²) in [5.74, 6) is 0.562. The van der Waals surface area contributed by atoms with Crippen molar-refractivity contribution in [1.29, 1.82) is 0 Å². The molecule has 0 spiro atoms. The Balaban J connectivity index is 1.95. The third kappa shape index (κ3) is 2.42. The number of piperidine rings is 1. The second kappa shape index (κ2) is 4.37. The molecule has 76 valence electrons. The van der Waals surface area contributed by atoms with Gasteiger partial charge in [0.25, 0.3) is 0 Å². The molecule has 1 aliphatic heterocycles. The van der Waals surface area contributed by atoms with E-state index in [1.807, 2.05) is 6.07 Å². The molecule has 4 heteroatoms. The highest BCUT2D eigenvalue weighted by molar-refractivity contribution is 5.27. The van der Waals surface area contributed by atoms with Gasteiger partial charge in [-0.2, -0.15) is 0 Å². The number of hydrogen-bond acceptors (Lipinski definition) is 4. The van der Waals surface area contributed by atoms with E-state index >= 15 is 0 Å². The van der Waals surface area contributed by atoms with Crippen LogP contribution in [0.15, 0.2) is 12.4 Å². The minimum absolute atomic E-state index is 0.562. The summed E-state index contributed by atoms with van der Waals surface area (Å²) < 4.78 is 0. The maximum Gasteiger partial charge on any atom is 0.127 e. The number of nitrogens with two attached hydrogens (primary N) is 1. The summed E-state index contributed by atoms with van der Waals surface area (Å²) in [6.07, 6.45) is 5.51. The molecule has 0 unspecified atom stereocenters. The molecule has 2 N–H and O–H groups in total.